The SMILES string of the molecule is Cn1ncc(C#N)c1NC(=O)c1ccsc1. The van der Waals surface area contributed by atoms with Gasteiger partial charge in [-0.1, -0.05) is 0 Å². The third-order valence-electron chi connectivity index (χ3n) is 2.07. The number of nitrogens with zero attached hydrogens (tertiary/aromatic N) is 3. The van der Waals surface area contributed by atoms with Crippen LogP contribution >= 0.6 is 11.3 Å². The van der Waals surface area contributed by atoms with Gasteiger partial charge in [-0.25, -0.2) is 0 Å². The van der Waals surface area contributed by atoms with Crippen LogP contribution in [0.4, 0.5) is 5.82 Å². The molecule has 0 saturated carbocycles. The number of carbonyl (C=O) groups is 1. The Labute approximate surface area is 95.9 Å². The lowest BCUT2D eigenvalue weighted by atomic mass is 10.3. The van der Waals surface area contributed by atoms with Gasteiger partial charge in [-0.2, -0.15) is 21.7 Å². The molecule has 0 aromatic carbocycles. The van der Waals surface area contributed by atoms with Gasteiger partial charge in [-0.3, -0.25) is 9.48 Å². The molecule has 0 atom stereocenters. The number of hydrogen-bond acceptors (Lipinski definition) is 4. The van der Waals surface area contributed by atoms with E-state index in [1.165, 1.54) is 22.2 Å². The van der Waals surface area contributed by atoms with E-state index >= 15 is 0 Å². The summed E-state index contributed by atoms with van der Waals surface area (Å²) in [6.07, 6.45) is 1.42. The highest BCUT2D eigenvalue weighted by Gasteiger charge is 2.12. The van der Waals surface area contributed by atoms with Gasteiger partial charge in [-0.15, -0.1) is 0 Å². The van der Waals surface area contributed by atoms with Crippen molar-refractivity contribution < 1.29 is 4.79 Å². The summed E-state index contributed by atoms with van der Waals surface area (Å²) in [5.74, 6) is 0.181. The summed E-state index contributed by atoms with van der Waals surface area (Å²) >= 11 is 1.45. The van der Waals surface area contributed by atoms with E-state index in [0.29, 0.717) is 16.9 Å². The number of carbonyl (C=O) groups excluding carboxylic acids is 1. The topological polar surface area (TPSA) is 70.7 Å². The van der Waals surface area contributed by atoms with Crippen LogP contribution in [0.15, 0.2) is 23.0 Å². The average Bonchev–Trinajstić information content (AvgIpc) is 2.89. The number of nitriles is 1. The summed E-state index contributed by atoms with van der Waals surface area (Å²) in [6.45, 7) is 0. The van der Waals surface area contributed by atoms with Gasteiger partial charge in [0.15, 0.2) is 0 Å². The number of aromatic nitrogens is 2. The fraction of sp³-hybridized carbons (Fsp3) is 0.100. The number of thiophene rings is 1. The Balaban J connectivity index is 2.25. The summed E-state index contributed by atoms with van der Waals surface area (Å²) in [6, 6.07) is 3.70. The minimum atomic E-state index is -0.235. The van der Waals surface area contributed by atoms with E-state index in [1.54, 1.807) is 18.5 Å². The summed E-state index contributed by atoms with van der Waals surface area (Å²) in [4.78, 5) is 11.7. The zero-order valence-electron chi connectivity index (χ0n) is 8.47. The maximum atomic E-state index is 11.7. The third kappa shape index (κ3) is 1.81. The Kier molecular flexibility index (Phi) is 2.70. The van der Waals surface area contributed by atoms with Crippen molar-refractivity contribution >= 4 is 23.1 Å². The lowest BCUT2D eigenvalue weighted by molar-refractivity contribution is 0.102. The first kappa shape index (κ1) is 10.4. The van der Waals surface area contributed by atoms with Gasteiger partial charge >= 0.3 is 0 Å². The van der Waals surface area contributed by atoms with Crippen molar-refractivity contribution in [1.82, 2.24) is 9.78 Å². The van der Waals surface area contributed by atoms with Crippen molar-refractivity contribution in [2.75, 3.05) is 5.32 Å². The third-order valence-corrected chi connectivity index (χ3v) is 2.76. The monoisotopic (exact) mass is 232 g/mol. The van der Waals surface area contributed by atoms with E-state index in [0.717, 1.165) is 0 Å². The first-order valence-electron chi connectivity index (χ1n) is 4.48. The molecule has 6 heteroatoms. The zero-order valence-corrected chi connectivity index (χ0v) is 9.28. The molecule has 0 saturated heterocycles. The molecule has 0 bridgehead atoms. The second-order valence-electron chi connectivity index (χ2n) is 3.11. The van der Waals surface area contributed by atoms with Crippen LogP contribution in [0.3, 0.4) is 0 Å². The van der Waals surface area contributed by atoms with Gasteiger partial charge in [-0.05, 0) is 11.4 Å². The summed E-state index contributed by atoms with van der Waals surface area (Å²) in [5.41, 5.74) is 0.932. The normalized spacial score (nSPS) is 9.75. The average molecular weight is 232 g/mol. The second-order valence-corrected chi connectivity index (χ2v) is 3.89. The molecule has 0 aliphatic heterocycles. The molecular weight excluding hydrogens is 224 g/mol. The molecule has 1 amide bonds. The molecule has 0 unspecified atom stereocenters. The van der Waals surface area contributed by atoms with E-state index in [-0.39, 0.29) is 5.91 Å². The highest BCUT2D eigenvalue weighted by atomic mass is 32.1. The highest BCUT2D eigenvalue weighted by molar-refractivity contribution is 7.08. The number of rotatable bonds is 2. The number of aryl methyl sites for hydroxylation is 1. The molecule has 0 fully saturated rings. The number of nitrogens with one attached hydrogen (secondary N) is 1. The Bertz CT molecular complexity index is 550. The van der Waals surface area contributed by atoms with E-state index in [1.807, 2.05) is 11.4 Å². The number of anilines is 1. The molecule has 0 aliphatic rings. The molecule has 1 N–H and O–H groups in total. The van der Waals surface area contributed by atoms with E-state index in [9.17, 15) is 4.79 Å². The lowest BCUT2D eigenvalue weighted by Gasteiger charge is -2.04. The van der Waals surface area contributed by atoms with E-state index in [4.69, 9.17) is 5.26 Å². The fourth-order valence-electron chi connectivity index (χ4n) is 1.24. The van der Waals surface area contributed by atoms with Crippen molar-refractivity contribution in [3.8, 4) is 6.07 Å². The van der Waals surface area contributed by atoms with Gasteiger partial charge in [0.05, 0.1) is 11.8 Å². The summed E-state index contributed by atoms with van der Waals surface area (Å²) < 4.78 is 1.46. The zero-order chi connectivity index (χ0) is 11.5. The Morgan fingerprint density at radius 1 is 1.69 bits per heavy atom. The largest absolute Gasteiger partial charge is 0.306 e. The summed E-state index contributed by atoms with van der Waals surface area (Å²) in [5, 5.41) is 19.0. The lowest BCUT2D eigenvalue weighted by Crippen LogP contribution is -2.14. The predicted molar refractivity (Wildman–Crippen MR) is 60.2 cm³/mol. The Morgan fingerprint density at radius 2 is 2.50 bits per heavy atom. The highest BCUT2D eigenvalue weighted by Crippen LogP contribution is 2.15. The fourth-order valence-corrected chi connectivity index (χ4v) is 1.88. The molecule has 2 aromatic rings. The van der Waals surface area contributed by atoms with Crippen LogP contribution in [0.5, 0.6) is 0 Å². The van der Waals surface area contributed by atoms with Gasteiger partial charge < -0.3 is 5.32 Å². The standard InChI is InChI=1S/C10H8N4OS/c1-14-9(8(4-11)5-12-14)13-10(15)7-2-3-16-6-7/h2-3,5-6H,1H3,(H,13,15). The maximum Gasteiger partial charge on any atom is 0.257 e. The van der Waals surface area contributed by atoms with Crippen molar-refractivity contribution in [2.24, 2.45) is 7.05 Å². The molecule has 0 aliphatic carbocycles. The first-order chi connectivity index (χ1) is 7.72. The van der Waals surface area contributed by atoms with Crippen molar-refractivity contribution in [3.63, 3.8) is 0 Å². The molecule has 2 aromatic heterocycles. The van der Waals surface area contributed by atoms with E-state index < -0.39 is 0 Å². The van der Waals surface area contributed by atoms with Gasteiger partial charge in [0, 0.05) is 12.4 Å². The smallest absolute Gasteiger partial charge is 0.257 e. The van der Waals surface area contributed by atoms with Crippen LogP contribution < -0.4 is 5.32 Å². The van der Waals surface area contributed by atoms with Crippen molar-refractivity contribution in [3.05, 3.63) is 34.2 Å². The molecule has 2 rings (SSSR count). The van der Waals surface area contributed by atoms with Crippen LogP contribution in [-0.2, 0) is 7.05 Å². The van der Waals surface area contributed by atoms with Gasteiger partial charge in [0.1, 0.15) is 17.5 Å². The first-order valence-corrected chi connectivity index (χ1v) is 5.42. The van der Waals surface area contributed by atoms with Gasteiger partial charge in [0.2, 0.25) is 0 Å². The molecule has 0 radical (unpaired) electrons. The second kappa shape index (κ2) is 4.16. The molecular formula is C10H8N4OS. The van der Waals surface area contributed by atoms with Crippen molar-refractivity contribution in [1.29, 1.82) is 5.26 Å². The Hall–Kier alpha value is -2.13. The molecule has 0 spiro atoms. The predicted octanol–water partition coefficient (Wildman–Crippen LogP) is 1.61. The maximum absolute atomic E-state index is 11.7. The number of hydrogen-bond donors (Lipinski definition) is 1. The molecule has 16 heavy (non-hydrogen) atoms. The molecule has 2 heterocycles. The van der Waals surface area contributed by atoms with Crippen molar-refractivity contribution in [2.45, 2.75) is 0 Å². The van der Waals surface area contributed by atoms with Crippen LogP contribution in [-0.4, -0.2) is 15.7 Å². The minimum Gasteiger partial charge on any atom is -0.306 e. The molecule has 80 valence electrons. The van der Waals surface area contributed by atoms with Gasteiger partial charge in [0.25, 0.3) is 5.91 Å². The van der Waals surface area contributed by atoms with Crippen LogP contribution in [0, 0.1) is 11.3 Å². The van der Waals surface area contributed by atoms with Crippen LogP contribution in [0.1, 0.15) is 15.9 Å². The van der Waals surface area contributed by atoms with Crippen LogP contribution in [0.2, 0.25) is 0 Å². The quantitative estimate of drug-likeness (QED) is 0.855. The Morgan fingerprint density at radius 3 is 3.12 bits per heavy atom. The van der Waals surface area contributed by atoms with Crippen LogP contribution in [0.25, 0.3) is 0 Å². The van der Waals surface area contributed by atoms with E-state index in [2.05, 4.69) is 10.4 Å². The minimum absolute atomic E-state index is 0.235. The summed E-state index contributed by atoms with van der Waals surface area (Å²) in [7, 11) is 1.67. The number of amides is 1. The molecule has 5 nitrogen and oxygen atoms in total.